The van der Waals surface area contributed by atoms with Crippen LogP contribution in [0.25, 0.3) is 16.9 Å². The van der Waals surface area contributed by atoms with Crippen molar-refractivity contribution >= 4 is 50.3 Å². The van der Waals surface area contributed by atoms with Crippen LogP contribution in [-0.2, 0) is 6.42 Å². The number of aryl methyl sites for hydroxylation is 1. The average molecular weight is 389 g/mol. The molecule has 0 aliphatic rings. The molecular weight excluding hydrogens is 380 g/mol. The molecule has 0 bridgehead atoms. The highest BCUT2D eigenvalue weighted by Crippen LogP contribution is 2.28. The van der Waals surface area contributed by atoms with Gasteiger partial charge < -0.3 is 0 Å². The molecule has 0 fully saturated rings. The quantitative estimate of drug-likeness (QED) is 0.605. The van der Waals surface area contributed by atoms with Crippen LogP contribution < -0.4 is 0 Å². The van der Waals surface area contributed by atoms with Crippen molar-refractivity contribution < 1.29 is 4.39 Å². The fraction of sp³-hybridized carbons (Fsp3) is 0.143. The van der Waals surface area contributed by atoms with E-state index in [0.717, 1.165) is 4.47 Å². The molecule has 0 spiro atoms. The van der Waals surface area contributed by atoms with E-state index in [4.69, 9.17) is 23.2 Å². The van der Waals surface area contributed by atoms with Gasteiger partial charge in [0.1, 0.15) is 17.2 Å². The van der Waals surface area contributed by atoms with Crippen LogP contribution in [0.15, 0.2) is 34.9 Å². The van der Waals surface area contributed by atoms with Crippen LogP contribution in [0.1, 0.15) is 5.82 Å². The zero-order valence-corrected chi connectivity index (χ0v) is 13.8. The van der Waals surface area contributed by atoms with Gasteiger partial charge in [-0.05, 0) is 40.2 Å². The van der Waals surface area contributed by atoms with Crippen LogP contribution in [0.2, 0.25) is 5.02 Å². The molecule has 3 nitrogen and oxygen atoms in total. The molecule has 0 aliphatic carbocycles. The van der Waals surface area contributed by atoms with E-state index in [9.17, 15) is 4.39 Å². The summed E-state index contributed by atoms with van der Waals surface area (Å²) in [6.45, 7) is 0. The van der Waals surface area contributed by atoms with Crippen molar-refractivity contribution in [2.45, 2.75) is 6.42 Å². The van der Waals surface area contributed by atoms with Crippen LogP contribution in [0, 0.1) is 5.82 Å². The highest BCUT2D eigenvalue weighted by atomic mass is 79.9. The maximum absolute atomic E-state index is 13.6. The predicted molar refractivity (Wildman–Crippen MR) is 86.0 cm³/mol. The van der Waals surface area contributed by atoms with Gasteiger partial charge in [0.05, 0.1) is 10.7 Å². The van der Waals surface area contributed by atoms with E-state index in [1.807, 2.05) is 0 Å². The lowest BCUT2D eigenvalue weighted by molar-refractivity contribution is 0.626. The summed E-state index contributed by atoms with van der Waals surface area (Å²) in [5.41, 5.74) is 1.90. The fourth-order valence-corrected chi connectivity index (χ4v) is 2.89. The van der Waals surface area contributed by atoms with Crippen molar-refractivity contribution in [3.63, 3.8) is 0 Å². The first kappa shape index (κ1) is 14.8. The highest BCUT2D eigenvalue weighted by Gasteiger charge is 2.16. The first-order valence-corrected chi connectivity index (χ1v) is 7.85. The third-order valence-electron chi connectivity index (χ3n) is 3.00. The number of aromatic nitrogens is 3. The first-order chi connectivity index (χ1) is 10.1. The Bertz CT molecular complexity index is 819. The van der Waals surface area contributed by atoms with E-state index in [-0.39, 0.29) is 5.82 Å². The largest absolute Gasteiger partial charge is 0.279 e. The molecule has 0 radical (unpaired) electrons. The Balaban J connectivity index is 2.33. The Kier molecular flexibility index (Phi) is 4.15. The Hall–Kier alpha value is -1.17. The van der Waals surface area contributed by atoms with Crippen molar-refractivity contribution in [2.75, 3.05) is 5.88 Å². The number of fused-ring (bicyclic) bond motifs is 1. The molecule has 2 aromatic heterocycles. The van der Waals surface area contributed by atoms with Gasteiger partial charge in [-0.15, -0.1) is 11.6 Å². The van der Waals surface area contributed by atoms with Crippen LogP contribution in [0.4, 0.5) is 4.39 Å². The molecule has 7 heteroatoms. The van der Waals surface area contributed by atoms with E-state index < -0.39 is 0 Å². The summed E-state index contributed by atoms with van der Waals surface area (Å²) in [7, 11) is 0. The van der Waals surface area contributed by atoms with E-state index in [2.05, 4.69) is 25.9 Å². The minimum absolute atomic E-state index is 0.333. The van der Waals surface area contributed by atoms with Gasteiger partial charge in [-0.1, -0.05) is 11.6 Å². The first-order valence-electron chi connectivity index (χ1n) is 6.14. The Morgan fingerprint density at radius 1 is 1.29 bits per heavy atom. The van der Waals surface area contributed by atoms with Crippen LogP contribution >= 0.6 is 39.1 Å². The van der Waals surface area contributed by atoms with Gasteiger partial charge >= 0.3 is 0 Å². The third-order valence-corrected chi connectivity index (χ3v) is 4.07. The molecule has 3 rings (SSSR count). The number of nitrogens with zero attached hydrogens (tertiary/aromatic N) is 3. The minimum Gasteiger partial charge on any atom is -0.279 e. The molecule has 0 aliphatic heterocycles. The molecule has 0 atom stereocenters. The lowest BCUT2D eigenvalue weighted by Crippen LogP contribution is -2.04. The Morgan fingerprint density at radius 3 is 2.86 bits per heavy atom. The third kappa shape index (κ3) is 2.78. The molecule has 108 valence electrons. The predicted octanol–water partition coefficient (Wildman–Crippen LogP) is 4.76. The maximum Gasteiger partial charge on any atom is 0.164 e. The van der Waals surface area contributed by atoms with Crippen molar-refractivity contribution in [2.24, 2.45) is 0 Å². The average Bonchev–Trinajstić information content (AvgIpc) is 2.79. The van der Waals surface area contributed by atoms with E-state index in [1.54, 1.807) is 22.9 Å². The lowest BCUT2D eigenvalue weighted by Gasteiger charge is -2.10. The zero-order chi connectivity index (χ0) is 15.0. The number of benzene rings is 1. The molecule has 3 aromatic rings. The summed E-state index contributed by atoms with van der Waals surface area (Å²) in [6, 6.07) is 6.19. The monoisotopic (exact) mass is 387 g/mol. The van der Waals surface area contributed by atoms with Crippen molar-refractivity contribution in [3.05, 3.63) is 51.6 Å². The van der Waals surface area contributed by atoms with Gasteiger partial charge in [0.2, 0.25) is 0 Å². The summed E-state index contributed by atoms with van der Waals surface area (Å²) in [5, 5.41) is 0.503. The number of hydrogen-bond acceptors (Lipinski definition) is 2. The molecular formula is C14H9BrCl2FN3. The summed E-state index contributed by atoms with van der Waals surface area (Å²) in [4.78, 5) is 8.81. The maximum atomic E-state index is 13.6. The second-order valence-corrected chi connectivity index (χ2v) is 6.06. The highest BCUT2D eigenvalue weighted by molar-refractivity contribution is 9.10. The molecule has 21 heavy (non-hydrogen) atoms. The van der Waals surface area contributed by atoms with Gasteiger partial charge in [0, 0.05) is 23.0 Å². The summed E-state index contributed by atoms with van der Waals surface area (Å²) in [5.74, 6) is 0.783. The minimum atomic E-state index is -0.333. The second-order valence-electron chi connectivity index (χ2n) is 4.39. The van der Waals surface area contributed by atoms with Crippen LogP contribution in [-0.4, -0.2) is 20.4 Å². The van der Waals surface area contributed by atoms with E-state index >= 15 is 0 Å². The number of imidazole rings is 1. The SMILES string of the molecule is Fc1ccc(Br)c(-n2c(CCCl)nc3cc(Cl)cnc32)c1. The topological polar surface area (TPSA) is 30.7 Å². The van der Waals surface area contributed by atoms with Crippen molar-refractivity contribution in [3.8, 4) is 5.69 Å². The lowest BCUT2D eigenvalue weighted by atomic mass is 10.3. The molecule has 1 aromatic carbocycles. The Labute approximate surface area is 138 Å². The normalized spacial score (nSPS) is 11.2. The molecule has 0 saturated heterocycles. The smallest absolute Gasteiger partial charge is 0.164 e. The van der Waals surface area contributed by atoms with Crippen molar-refractivity contribution in [1.29, 1.82) is 0 Å². The van der Waals surface area contributed by atoms with Gasteiger partial charge in [-0.3, -0.25) is 4.57 Å². The van der Waals surface area contributed by atoms with Crippen LogP contribution in [0.5, 0.6) is 0 Å². The van der Waals surface area contributed by atoms with Gasteiger partial charge in [0.25, 0.3) is 0 Å². The molecule has 0 unspecified atom stereocenters. The number of rotatable bonds is 3. The second kappa shape index (κ2) is 5.91. The van der Waals surface area contributed by atoms with Crippen molar-refractivity contribution in [1.82, 2.24) is 14.5 Å². The van der Waals surface area contributed by atoms with Gasteiger partial charge in [-0.2, -0.15) is 0 Å². The van der Waals surface area contributed by atoms with Gasteiger partial charge in [-0.25, -0.2) is 14.4 Å². The fourth-order valence-electron chi connectivity index (χ4n) is 2.15. The zero-order valence-electron chi connectivity index (χ0n) is 10.7. The molecule has 2 heterocycles. The van der Waals surface area contributed by atoms with Crippen LogP contribution in [0.3, 0.4) is 0 Å². The summed E-state index contributed by atoms with van der Waals surface area (Å²) < 4.78 is 16.1. The Morgan fingerprint density at radius 2 is 2.10 bits per heavy atom. The van der Waals surface area contributed by atoms with Gasteiger partial charge in [0.15, 0.2) is 5.65 Å². The number of halogens is 4. The summed E-state index contributed by atoms with van der Waals surface area (Å²) in [6.07, 6.45) is 2.08. The molecule has 0 amide bonds. The van der Waals surface area contributed by atoms with E-state index in [1.165, 1.54) is 12.1 Å². The molecule has 0 N–H and O–H groups in total. The molecule has 0 saturated carbocycles. The van der Waals surface area contributed by atoms with E-state index in [0.29, 0.717) is 40.0 Å². The number of hydrogen-bond donors (Lipinski definition) is 0. The standard InChI is InChI=1S/C14H9BrCl2FN3/c15-10-2-1-9(18)6-12(10)21-13(3-4-16)20-11-5-8(17)7-19-14(11)21/h1-2,5-7H,3-4H2. The summed E-state index contributed by atoms with van der Waals surface area (Å²) >= 11 is 15.2. The number of alkyl halides is 1. The number of pyridine rings is 1.